The highest BCUT2D eigenvalue weighted by Gasteiger charge is 2.14. The van der Waals surface area contributed by atoms with Crippen LogP contribution in [0.1, 0.15) is 5.56 Å². The molecule has 1 aromatic heterocycles. The minimum atomic E-state index is -0.206. The molecule has 0 bridgehead atoms. The molecule has 1 heterocycles. The van der Waals surface area contributed by atoms with E-state index in [1.165, 1.54) is 0 Å². The predicted octanol–water partition coefficient (Wildman–Crippen LogP) is 6.03. The van der Waals surface area contributed by atoms with Gasteiger partial charge in [-0.25, -0.2) is 0 Å². The fourth-order valence-corrected chi connectivity index (χ4v) is 4.16. The maximum atomic E-state index is 13.0. The van der Waals surface area contributed by atoms with Crippen molar-refractivity contribution in [2.75, 3.05) is 5.32 Å². The maximum Gasteiger partial charge on any atom is 0.244 e. The molecule has 0 aliphatic heterocycles. The van der Waals surface area contributed by atoms with Crippen molar-refractivity contribution >= 4 is 45.0 Å². The molecule has 4 aromatic carbocycles. The summed E-state index contributed by atoms with van der Waals surface area (Å²) in [6.45, 7) is 0.522. The summed E-state index contributed by atoms with van der Waals surface area (Å²) in [4.78, 5) is 25.9. The number of halogens is 1. The summed E-state index contributed by atoms with van der Waals surface area (Å²) in [6, 6.07) is 29.6. The summed E-state index contributed by atoms with van der Waals surface area (Å²) in [5, 5.41) is 4.44. The third-order valence-corrected chi connectivity index (χ3v) is 5.86. The Hall–Kier alpha value is -4.09. The molecule has 1 N–H and O–H groups in total. The van der Waals surface area contributed by atoms with Crippen molar-refractivity contribution in [3.8, 4) is 5.75 Å². The molecule has 0 radical (unpaired) electrons. The number of anilines is 1. The van der Waals surface area contributed by atoms with E-state index in [0.717, 1.165) is 11.3 Å². The summed E-state index contributed by atoms with van der Waals surface area (Å²) in [6.07, 6.45) is 0. The van der Waals surface area contributed by atoms with Crippen molar-refractivity contribution in [1.29, 1.82) is 0 Å². The molecule has 0 unspecified atom stereocenters. The van der Waals surface area contributed by atoms with Gasteiger partial charge in [-0.05, 0) is 60.2 Å². The van der Waals surface area contributed by atoms with E-state index in [9.17, 15) is 9.59 Å². The first-order valence-electron chi connectivity index (χ1n) is 10.9. The summed E-state index contributed by atoms with van der Waals surface area (Å²) >= 11 is 6.14. The van der Waals surface area contributed by atoms with Gasteiger partial charge in [0.15, 0.2) is 5.43 Å². The number of ether oxygens (including phenoxy) is 1. The van der Waals surface area contributed by atoms with Gasteiger partial charge >= 0.3 is 0 Å². The fraction of sp³-hybridized carbons (Fsp3) is 0.0714. The Morgan fingerprint density at radius 3 is 2.32 bits per heavy atom. The van der Waals surface area contributed by atoms with Crippen molar-refractivity contribution in [3.05, 3.63) is 118 Å². The first-order valence-corrected chi connectivity index (χ1v) is 11.2. The van der Waals surface area contributed by atoms with Crippen LogP contribution >= 0.6 is 11.6 Å². The lowest BCUT2D eigenvalue weighted by Gasteiger charge is -2.15. The summed E-state index contributed by atoms with van der Waals surface area (Å²) in [7, 11) is 0. The van der Waals surface area contributed by atoms with E-state index in [1.54, 1.807) is 36.4 Å². The number of hydrogen-bond acceptors (Lipinski definition) is 3. The van der Waals surface area contributed by atoms with Crippen LogP contribution in [0.5, 0.6) is 5.75 Å². The smallest absolute Gasteiger partial charge is 0.244 e. The molecule has 5 aromatic rings. The lowest BCUT2D eigenvalue weighted by Crippen LogP contribution is -2.21. The number of nitrogens with one attached hydrogen (secondary N) is 1. The second-order valence-corrected chi connectivity index (χ2v) is 8.38. The first kappa shape index (κ1) is 21.7. The van der Waals surface area contributed by atoms with Crippen molar-refractivity contribution in [2.45, 2.75) is 13.2 Å². The number of nitrogens with zero attached hydrogens (tertiary/aromatic N) is 1. The molecule has 1 amide bonds. The van der Waals surface area contributed by atoms with Crippen LogP contribution in [-0.4, -0.2) is 10.5 Å². The standard InChI is InChI=1S/C28H21ClN2O3/c29-20-10-15-26-24(16-20)28(33)23-8-4-5-9-25(23)31(26)17-27(32)30-21-11-13-22(14-12-21)34-18-19-6-2-1-3-7-19/h1-16H,17-18H2,(H,30,32). The Morgan fingerprint density at radius 1 is 0.824 bits per heavy atom. The zero-order valence-corrected chi connectivity index (χ0v) is 19.0. The van der Waals surface area contributed by atoms with E-state index in [1.807, 2.05) is 65.2 Å². The highest BCUT2D eigenvalue weighted by molar-refractivity contribution is 6.31. The topological polar surface area (TPSA) is 60.3 Å². The summed E-state index contributed by atoms with van der Waals surface area (Å²) in [5.41, 5.74) is 3.00. The van der Waals surface area contributed by atoms with Crippen molar-refractivity contribution in [1.82, 2.24) is 4.57 Å². The fourth-order valence-electron chi connectivity index (χ4n) is 3.99. The van der Waals surface area contributed by atoms with Crippen LogP contribution in [0.4, 0.5) is 5.69 Å². The van der Waals surface area contributed by atoms with E-state index in [2.05, 4.69) is 5.32 Å². The molecule has 0 fully saturated rings. The van der Waals surface area contributed by atoms with Crippen LogP contribution in [0.3, 0.4) is 0 Å². The van der Waals surface area contributed by atoms with Gasteiger partial charge in [-0.2, -0.15) is 0 Å². The van der Waals surface area contributed by atoms with Crippen LogP contribution in [-0.2, 0) is 17.9 Å². The second kappa shape index (κ2) is 9.41. The predicted molar refractivity (Wildman–Crippen MR) is 137 cm³/mol. The molecule has 34 heavy (non-hydrogen) atoms. The number of aromatic nitrogens is 1. The number of rotatable bonds is 6. The summed E-state index contributed by atoms with van der Waals surface area (Å²) < 4.78 is 7.65. The minimum Gasteiger partial charge on any atom is -0.489 e. The third-order valence-electron chi connectivity index (χ3n) is 5.62. The molecule has 5 rings (SSSR count). The monoisotopic (exact) mass is 468 g/mol. The molecule has 0 aliphatic rings. The number of hydrogen-bond donors (Lipinski definition) is 1. The van der Waals surface area contributed by atoms with Gasteiger partial charge in [-0.1, -0.05) is 54.1 Å². The quantitative estimate of drug-likeness (QED) is 0.310. The maximum absolute atomic E-state index is 13.0. The van der Waals surface area contributed by atoms with Gasteiger partial charge in [0, 0.05) is 21.5 Å². The minimum absolute atomic E-state index is 0.0468. The van der Waals surface area contributed by atoms with E-state index in [-0.39, 0.29) is 17.9 Å². The van der Waals surface area contributed by atoms with Crippen LogP contribution in [0.15, 0.2) is 102 Å². The van der Waals surface area contributed by atoms with Crippen LogP contribution in [0.25, 0.3) is 21.8 Å². The second-order valence-electron chi connectivity index (χ2n) is 7.94. The highest BCUT2D eigenvalue weighted by atomic mass is 35.5. The molecule has 168 valence electrons. The molecule has 0 spiro atoms. The largest absolute Gasteiger partial charge is 0.489 e. The number of carbonyl (C=O) groups excluding carboxylic acids is 1. The van der Waals surface area contributed by atoms with E-state index >= 15 is 0 Å². The summed E-state index contributed by atoms with van der Waals surface area (Å²) in [5.74, 6) is 0.513. The molecular weight excluding hydrogens is 448 g/mol. The van der Waals surface area contributed by atoms with Gasteiger partial charge < -0.3 is 14.6 Å². The number of carbonyl (C=O) groups is 1. The molecule has 0 saturated carbocycles. The zero-order valence-electron chi connectivity index (χ0n) is 18.2. The Bertz CT molecular complexity index is 1540. The van der Waals surface area contributed by atoms with Crippen molar-refractivity contribution in [2.24, 2.45) is 0 Å². The molecule has 0 saturated heterocycles. The Kier molecular flexibility index (Phi) is 6.02. The van der Waals surface area contributed by atoms with Gasteiger partial charge in [0.05, 0.1) is 11.0 Å². The lowest BCUT2D eigenvalue weighted by atomic mass is 10.1. The van der Waals surface area contributed by atoms with Gasteiger partial charge in [0.25, 0.3) is 0 Å². The Morgan fingerprint density at radius 2 is 1.53 bits per heavy atom. The number of benzene rings is 4. The van der Waals surface area contributed by atoms with E-state index < -0.39 is 0 Å². The number of fused-ring (bicyclic) bond motifs is 2. The van der Waals surface area contributed by atoms with Crippen LogP contribution in [0, 0.1) is 0 Å². The highest BCUT2D eigenvalue weighted by Crippen LogP contribution is 2.23. The molecule has 0 aliphatic carbocycles. The Labute approximate surface area is 201 Å². The first-order chi connectivity index (χ1) is 16.6. The molecule has 5 nitrogen and oxygen atoms in total. The average molecular weight is 469 g/mol. The average Bonchev–Trinajstić information content (AvgIpc) is 2.87. The Balaban J connectivity index is 1.36. The van der Waals surface area contributed by atoms with E-state index in [0.29, 0.717) is 39.1 Å². The molecular formula is C28H21ClN2O3. The molecule has 6 heteroatoms. The van der Waals surface area contributed by atoms with Gasteiger partial charge in [0.1, 0.15) is 18.9 Å². The van der Waals surface area contributed by atoms with Crippen LogP contribution in [0.2, 0.25) is 5.02 Å². The van der Waals surface area contributed by atoms with Crippen LogP contribution < -0.4 is 15.5 Å². The SMILES string of the molecule is O=C(Cn1c2ccccc2c(=O)c2cc(Cl)ccc21)Nc1ccc(OCc2ccccc2)cc1. The lowest BCUT2D eigenvalue weighted by molar-refractivity contribution is -0.116. The normalized spacial score (nSPS) is 11.0. The van der Waals surface area contributed by atoms with Crippen molar-refractivity contribution < 1.29 is 9.53 Å². The van der Waals surface area contributed by atoms with E-state index in [4.69, 9.17) is 16.3 Å². The van der Waals surface area contributed by atoms with Crippen molar-refractivity contribution in [3.63, 3.8) is 0 Å². The number of amides is 1. The van der Waals surface area contributed by atoms with Gasteiger partial charge in [0.2, 0.25) is 5.91 Å². The van der Waals surface area contributed by atoms with Gasteiger partial charge in [-0.15, -0.1) is 0 Å². The zero-order chi connectivity index (χ0) is 23.5. The van der Waals surface area contributed by atoms with Gasteiger partial charge in [-0.3, -0.25) is 9.59 Å². The third kappa shape index (κ3) is 4.51. The number of para-hydroxylation sites is 1. The molecule has 0 atom stereocenters. The number of pyridine rings is 1.